The Hall–Kier alpha value is -2.48. The average molecular weight is 291 g/mol. The summed E-state index contributed by atoms with van der Waals surface area (Å²) in [6.07, 6.45) is 1.99. The normalized spacial score (nSPS) is 17.7. The highest BCUT2D eigenvalue weighted by Gasteiger charge is 2.22. The van der Waals surface area contributed by atoms with E-state index in [1.165, 1.54) is 24.3 Å². The van der Waals surface area contributed by atoms with E-state index in [2.05, 4.69) is 26.1 Å². The van der Waals surface area contributed by atoms with Crippen molar-refractivity contribution in [3.63, 3.8) is 0 Å². The van der Waals surface area contributed by atoms with Crippen LogP contribution in [0.1, 0.15) is 24.8 Å². The molecular formula is C13H14FN5O2. The second-order valence-electron chi connectivity index (χ2n) is 4.68. The summed E-state index contributed by atoms with van der Waals surface area (Å²) < 4.78 is 18.1. The molecule has 1 aliphatic rings. The Morgan fingerprint density at radius 3 is 2.81 bits per heavy atom. The van der Waals surface area contributed by atoms with Gasteiger partial charge in [-0.25, -0.2) is 9.18 Å². The number of benzene rings is 1. The highest BCUT2D eigenvalue weighted by Crippen LogP contribution is 2.22. The summed E-state index contributed by atoms with van der Waals surface area (Å²) in [7, 11) is 0. The van der Waals surface area contributed by atoms with Crippen LogP contribution in [0.25, 0.3) is 0 Å². The van der Waals surface area contributed by atoms with Crippen LogP contribution in [0.2, 0.25) is 0 Å². The molecule has 2 amide bonds. The molecule has 1 saturated heterocycles. The van der Waals surface area contributed by atoms with Gasteiger partial charge in [-0.1, -0.05) is 5.10 Å². The van der Waals surface area contributed by atoms with Crippen molar-refractivity contribution in [2.45, 2.75) is 18.9 Å². The van der Waals surface area contributed by atoms with Crippen molar-refractivity contribution in [2.24, 2.45) is 0 Å². The predicted octanol–water partition coefficient (Wildman–Crippen LogP) is 2.28. The number of carbonyl (C=O) groups excluding carboxylic acids is 1. The molecule has 1 unspecified atom stereocenters. The molecule has 110 valence electrons. The van der Waals surface area contributed by atoms with E-state index in [-0.39, 0.29) is 17.9 Å². The van der Waals surface area contributed by atoms with Crippen LogP contribution in [0.5, 0.6) is 0 Å². The second-order valence-corrected chi connectivity index (χ2v) is 4.68. The SMILES string of the molecule is O=C(Nc1ccc(F)cc1)Nc1nnc(C2CCCN2)o1. The molecule has 1 fully saturated rings. The molecule has 7 nitrogen and oxygen atoms in total. The summed E-state index contributed by atoms with van der Waals surface area (Å²) in [5.74, 6) is 0.0937. The van der Waals surface area contributed by atoms with Gasteiger partial charge in [0.25, 0.3) is 0 Å². The molecule has 0 bridgehead atoms. The van der Waals surface area contributed by atoms with E-state index in [1.54, 1.807) is 0 Å². The third kappa shape index (κ3) is 3.34. The molecule has 3 rings (SSSR count). The molecule has 2 heterocycles. The Balaban J connectivity index is 1.58. The molecule has 1 aromatic carbocycles. The van der Waals surface area contributed by atoms with E-state index < -0.39 is 6.03 Å². The molecule has 0 saturated carbocycles. The number of aromatic nitrogens is 2. The molecule has 21 heavy (non-hydrogen) atoms. The highest BCUT2D eigenvalue weighted by molar-refractivity contribution is 5.98. The maximum atomic E-state index is 12.8. The number of hydrogen-bond acceptors (Lipinski definition) is 5. The van der Waals surface area contributed by atoms with Crippen LogP contribution >= 0.6 is 0 Å². The highest BCUT2D eigenvalue weighted by atomic mass is 19.1. The minimum Gasteiger partial charge on any atom is -0.406 e. The van der Waals surface area contributed by atoms with Crippen molar-refractivity contribution >= 4 is 17.7 Å². The summed E-state index contributed by atoms with van der Waals surface area (Å²) in [5.41, 5.74) is 0.464. The van der Waals surface area contributed by atoms with Crippen molar-refractivity contribution in [1.82, 2.24) is 15.5 Å². The number of rotatable bonds is 3. The fourth-order valence-electron chi connectivity index (χ4n) is 2.11. The zero-order valence-electron chi connectivity index (χ0n) is 11.1. The summed E-state index contributed by atoms with van der Waals surface area (Å²) >= 11 is 0. The van der Waals surface area contributed by atoms with Gasteiger partial charge in [-0.15, -0.1) is 5.10 Å². The third-order valence-electron chi connectivity index (χ3n) is 3.12. The van der Waals surface area contributed by atoms with Crippen molar-refractivity contribution < 1.29 is 13.6 Å². The molecule has 0 spiro atoms. The zero-order valence-corrected chi connectivity index (χ0v) is 11.1. The lowest BCUT2D eigenvalue weighted by Crippen LogP contribution is -2.19. The molecular weight excluding hydrogens is 277 g/mol. The van der Waals surface area contributed by atoms with Crippen molar-refractivity contribution in [3.05, 3.63) is 36.0 Å². The van der Waals surface area contributed by atoms with Gasteiger partial charge in [0.2, 0.25) is 5.89 Å². The molecule has 3 N–H and O–H groups in total. The van der Waals surface area contributed by atoms with E-state index in [0.717, 1.165) is 19.4 Å². The van der Waals surface area contributed by atoms with E-state index in [1.807, 2.05) is 0 Å². The first kappa shape index (κ1) is 13.5. The predicted molar refractivity (Wildman–Crippen MR) is 73.3 cm³/mol. The first-order chi connectivity index (χ1) is 10.2. The van der Waals surface area contributed by atoms with Crippen LogP contribution < -0.4 is 16.0 Å². The lowest BCUT2D eigenvalue weighted by molar-refractivity contribution is 0.261. The molecule has 0 aliphatic carbocycles. The maximum Gasteiger partial charge on any atom is 0.327 e. The average Bonchev–Trinajstić information content (AvgIpc) is 3.12. The van der Waals surface area contributed by atoms with Gasteiger partial charge < -0.3 is 15.1 Å². The molecule has 2 aromatic rings. The van der Waals surface area contributed by atoms with E-state index in [0.29, 0.717) is 11.6 Å². The Labute approximate surface area is 119 Å². The van der Waals surface area contributed by atoms with E-state index >= 15 is 0 Å². The number of hydrogen-bond donors (Lipinski definition) is 3. The monoisotopic (exact) mass is 291 g/mol. The van der Waals surface area contributed by atoms with Gasteiger partial charge in [-0.3, -0.25) is 5.32 Å². The summed E-state index contributed by atoms with van der Waals surface area (Å²) in [4.78, 5) is 11.7. The van der Waals surface area contributed by atoms with Crippen LogP contribution in [-0.2, 0) is 0 Å². The molecule has 1 atom stereocenters. The topological polar surface area (TPSA) is 92.1 Å². The smallest absolute Gasteiger partial charge is 0.327 e. The lowest BCUT2D eigenvalue weighted by Gasteiger charge is -2.05. The van der Waals surface area contributed by atoms with Crippen LogP contribution in [0.3, 0.4) is 0 Å². The summed E-state index contributed by atoms with van der Waals surface area (Å²) in [5, 5.41) is 15.9. The Kier molecular flexibility index (Phi) is 3.78. The van der Waals surface area contributed by atoms with Gasteiger partial charge in [-0.05, 0) is 43.7 Å². The molecule has 0 radical (unpaired) electrons. The van der Waals surface area contributed by atoms with Crippen LogP contribution in [0.4, 0.5) is 20.9 Å². The van der Waals surface area contributed by atoms with Gasteiger partial charge in [0.1, 0.15) is 5.82 Å². The quantitative estimate of drug-likeness (QED) is 0.807. The first-order valence-electron chi connectivity index (χ1n) is 6.61. The van der Waals surface area contributed by atoms with Crippen molar-refractivity contribution in [3.8, 4) is 0 Å². The van der Waals surface area contributed by atoms with Crippen LogP contribution in [0.15, 0.2) is 28.7 Å². The summed E-state index contributed by atoms with van der Waals surface area (Å²) in [6, 6.07) is 4.97. The number of nitrogens with zero attached hydrogens (tertiary/aromatic N) is 2. The van der Waals surface area contributed by atoms with Gasteiger partial charge in [0.05, 0.1) is 6.04 Å². The fourth-order valence-corrected chi connectivity index (χ4v) is 2.11. The number of carbonyl (C=O) groups is 1. The number of anilines is 2. The van der Waals surface area contributed by atoms with Gasteiger partial charge >= 0.3 is 12.0 Å². The van der Waals surface area contributed by atoms with Gasteiger partial charge in [-0.2, -0.15) is 0 Å². The lowest BCUT2D eigenvalue weighted by atomic mass is 10.2. The van der Waals surface area contributed by atoms with E-state index in [9.17, 15) is 9.18 Å². The maximum absolute atomic E-state index is 12.8. The minimum atomic E-state index is -0.531. The molecule has 1 aromatic heterocycles. The van der Waals surface area contributed by atoms with Crippen LogP contribution in [0, 0.1) is 5.82 Å². The number of amides is 2. The zero-order chi connectivity index (χ0) is 14.7. The number of nitrogens with one attached hydrogen (secondary N) is 3. The van der Waals surface area contributed by atoms with Crippen LogP contribution in [-0.4, -0.2) is 22.8 Å². The Morgan fingerprint density at radius 2 is 2.10 bits per heavy atom. The largest absolute Gasteiger partial charge is 0.406 e. The Bertz CT molecular complexity index is 622. The number of halogens is 1. The minimum absolute atomic E-state index is 0.0262. The molecule has 1 aliphatic heterocycles. The van der Waals surface area contributed by atoms with Crippen molar-refractivity contribution in [1.29, 1.82) is 0 Å². The molecule has 8 heteroatoms. The van der Waals surface area contributed by atoms with E-state index in [4.69, 9.17) is 4.42 Å². The second kappa shape index (κ2) is 5.88. The first-order valence-corrected chi connectivity index (χ1v) is 6.61. The summed E-state index contributed by atoms with van der Waals surface area (Å²) in [6.45, 7) is 0.918. The third-order valence-corrected chi connectivity index (χ3v) is 3.12. The van der Waals surface area contributed by atoms with Crippen molar-refractivity contribution in [2.75, 3.05) is 17.2 Å². The van der Waals surface area contributed by atoms with Gasteiger partial charge in [0, 0.05) is 5.69 Å². The standard InChI is InChI=1S/C13H14FN5O2/c14-8-3-5-9(6-4-8)16-12(20)17-13-19-18-11(21-13)10-2-1-7-15-10/h3-6,10,15H,1-2,7H2,(H2,16,17,19,20). The Morgan fingerprint density at radius 1 is 1.29 bits per heavy atom. The van der Waals surface area contributed by atoms with Gasteiger partial charge in [0.15, 0.2) is 0 Å². The number of urea groups is 1. The fraction of sp³-hybridized carbons (Fsp3) is 0.308.